The van der Waals surface area contributed by atoms with Crippen LogP contribution in [0.5, 0.6) is 11.5 Å². The average Bonchev–Trinajstić information content (AvgIpc) is 4.00. The molecular formula is C49H70N4O9. The van der Waals surface area contributed by atoms with Gasteiger partial charge in [-0.3, -0.25) is 14.6 Å². The smallest absolute Gasteiger partial charge is 0.303 e. The minimum absolute atomic E-state index is 0. The molecule has 10 rings (SSSR count). The number of carbonyl (C=O) groups excluding carboxylic acids is 1. The Labute approximate surface area is 367 Å². The van der Waals surface area contributed by atoms with Crippen LogP contribution in [0.4, 0.5) is 11.4 Å². The highest BCUT2D eigenvalue weighted by atomic mass is 16.6. The number of hydrogen-bond donors (Lipinski definition) is 4. The maximum Gasteiger partial charge on any atom is 0.303 e. The van der Waals surface area contributed by atoms with E-state index in [1.54, 1.807) is 14.2 Å². The minimum atomic E-state index is -1.62. The third kappa shape index (κ3) is 5.42. The van der Waals surface area contributed by atoms with Crippen LogP contribution in [-0.2, 0) is 25.1 Å². The summed E-state index contributed by atoms with van der Waals surface area (Å²) < 4.78 is 23.0. The molecule has 0 bridgehead atoms. The Bertz CT molecular complexity index is 2120. The number of ether oxygens (including phenoxy) is 4. The maximum absolute atomic E-state index is 12.7. The van der Waals surface area contributed by atoms with Gasteiger partial charge in [-0.05, 0) is 69.0 Å². The second kappa shape index (κ2) is 15.5. The molecule has 2 saturated heterocycles. The Balaban J connectivity index is 0.000000170. The molecule has 0 amide bonds. The molecule has 6 aliphatic heterocycles. The fourth-order valence-electron chi connectivity index (χ4n) is 15.1. The van der Waals surface area contributed by atoms with Gasteiger partial charge in [-0.15, -0.1) is 0 Å². The summed E-state index contributed by atoms with van der Waals surface area (Å²) in [4.78, 5) is 21.7. The van der Waals surface area contributed by atoms with Crippen molar-refractivity contribution in [1.29, 1.82) is 0 Å². The normalized spacial score (nSPS) is 40.3. The van der Waals surface area contributed by atoms with Gasteiger partial charge in [-0.25, -0.2) is 0 Å². The van der Waals surface area contributed by atoms with Crippen LogP contribution in [-0.4, -0.2) is 158 Å². The average molecular weight is 859 g/mol. The van der Waals surface area contributed by atoms with Gasteiger partial charge in [-0.2, -0.15) is 0 Å². The number of benzene rings is 2. The van der Waals surface area contributed by atoms with E-state index < -0.39 is 46.9 Å². The third-order valence-electron chi connectivity index (χ3n) is 17.0. The van der Waals surface area contributed by atoms with Crippen molar-refractivity contribution in [3.05, 3.63) is 71.8 Å². The number of likely N-dealkylation sites (N-methyl/N-ethyl adjacent to an activating group) is 2. The first-order valence-corrected chi connectivity index (χ1v) is 22.4. The summed E-state index contributed by atoms with van der Waals surface area (Å²) in [5, 5.41) is 46.4. The van der Waals surface area contributed by atoms with E-state index in [4.69, 9.17) is 18.9 Å². The summed E-state index contributed by atoms with van der Waals surface area (Å²) in [5.41, 5.74) is -0.277. The highest BCUT2D eigenvalue weighted by molar-refractivity contribution is 5.72. The second-order valence-electron chi connectivity index (χ2n) is 19.1. The molecule has 12 atom stereocenters. The highest BCUT2D eigenvalue weighted by Gasteiger charge is 2.79. The van der Waals surface area contributed by atoms with E-state index in [9.17, 15) is 25.2 Å². The summed E-state index contributed by atoms with van der Waals surface area (Å²) >= 11 is 0. The first-order valence-electron chi connectivity index (χ1n) is 22.4. The van der Waals surface area contributed by atoms with E-state index in [0.29, 0.717) is 13.0 Å². The lowest BCUT2D eigenvalue weighted by molar-refractivity contribution is -0.232. The van der Waals surface area contributed by atoms with Crippen molar-refractivity contribution in [3.8, 4) is 11.5 Å². The number of methoxy groups -OCH3 is 2. The summed E-state index contributed by atoms with van der Waals surface area (Å²) in [6, 6.07) is 11.9. The Kier molecular flexibility index (Phi) is 11.2. The summed E-state index contributed by atoms with van der Waals surface area (Å²) in [7, 11) is 7.34. The number of aliphatic hydroxyl groups excluding tert-OH is 2. The monoisotopic (exact) mass is 859 g/mol. The molecule has 2 aromatic carbocycles. The van der Waals surface area contributed by atoms with Crippen LogP contribution in [0.25, 0.3) is 0 Å². The first-order chi connectivity index (χ1) is 29.2. The van der Waals surface area contributed by atoms with Gasteiger partial charge in [0.05, 0.1) is 45.6 Å². The molecule has 62 heavy (non-hydrogen) atoms. The third-order valence-corrected chi connectivity index (χ3v) is 17.0. The Morgan fingerprint density at radius 3 is 1.69 bits per heavy atom. The predicted octanol–water partition coefficient (Wildman–Crippen LogP) is 4.03. The van der Waals surface area contributed by atoms with Crippen molar-refractivity contribution in [3.63, 3.8) is 0 Å². The minimum Gasteiger partial charge on any atom is -0.497 e. The number of nitrogens with zero attached hydrogens (tertiary/aromatic N) is 4. The molecule has 2 aliphatic carbocycles. The first kappa shape index (κ1) is 44.9. The molecular weight excluding hydrogens is 789 g/mol. The van der Waals surface area contributed by atoms with Crippen LogP contribution in [0.15, 0.2) is 60.7 Å². The lowest BCUT2D eigenvalue weighted by atomic mass is 9.48. The van der Waals surface area contributed by atoms with Crippen molar-refractivity contribution in [2.45, 2.75) is 119 Å². The quantitative estimate of drug-likeness (QED) is 0.213. The van der Waals surface area contributed by atoms with Gasteiger partial charge in [0.25, 0.3) is 0 Å². The van der Waals surface area contributed by atoms with E-state index >= 15 is 0 Å². The fourth-order valence-corrected chi connectivity index (χ4v) is 15.1. The number of aliphatic hydroxyl groups is 4. The zero-order valence-electron chi connectivity index (χ0n) is 37.1. The van der Waals surface area contributed by atoms with Crippen LogP contribution < -0.4 is 19.3 Å². The van der Waals surface area contributed by atoms with Crippen molar-refractivity contribution < 1.29 is 44.2 Å². The molecule has 13 heteroatoms. The number of anilines is 2. The Hall–Kier alpha value is -3.69. The molecule has 8 aliphatic rings. The number of esters is 1. The molecule has 340 valence electrons. The van der Waals surface area contributed by atoms with Gasteiger partial charge in [-0.1, -0.05) is 57.7 Å². The van der Waals surface area contributed by atoms with Crippen LogP contribution in [0, 0.1) is 10.8 Å². The van der Waals surface area contributed by atoms with Gasteiger partial charge in [0, 0.05) is 98.0 Å². The molecule has 2 aromatic rings. The Morgan fingerprint density at radius 2 is 1.24 bits per heavy atom. The van der Waals surface area contributed by atoms with Crippen molar-refractivity contribution in [1.82, 2.24) is 9.80 Å². The summed E-state index contributed by atoms with van der Waals surface area (Å²) in [6.07, 6.45) is 10.2. The van der Waals surface area contributed by atoms with Gasteiger partial charge < -0.3 is 49.2 Å². The molecule has 2 spiro atoms. The van der Waals surface area contributed by atoms with E-state index in [1.165, 1.54) is 18.1 Å². The number of rotatable bonds is 9. The van der Waals surface area contributed by atoms with E-state index in [-0.39, 0.29) is 49.0 Å². The molecule has 0 unspecified atom stereocenters. The highest BCUT2D eigenvalue weighted by Crippen LogP contribution is 2.68. The predicted molar refractivity (Wildman–Crippen MR) is 239 cm³/mol. The topological polar surface area (TPSA) is 148 Å². The second-order valence-corrected chi connectivity index (χ2v) is 19.1. The van der Waals surface area contributed by atoms with Gasteiger partial charge in [0.2, 0.25) is 0 Å². The summed E-state index contributed by atoms with van der Waals surface area (Å²) in [5.74, 6) is 1.19. The van der Waals surface area contributed by atoms with E-state index in [1.807, 2.05) is 39.2 Å². The number of hydrogen-bond acceptors (Lipinski definition) is 13. The lowest BCUT2D eigenvalue weighted by Gasteiger charge is -2.64. The lowest BCUT2D eigenvalue weighted by Crippen LogP contribution is -2.80. The zero-order chi connectivity index (χ0) is 43.5. The molecule has 0 radical (unpaired) electrons. The van der Waals surface area contributed by atoms with Crippen molar-refractivity contribution in [2.24, 2.45) is 10.8 Å². The van der Waals surface area contributed by atoms with Crippen molar-refractivity contribution >= 4 is 17.3 Å². The molecule has 6 heterocycles. The van der Waals surface area contributed by atoms with Gasteiger partial charge >= 0.3 is 5.97 Å². The summed E-state index contributed by atoms with van der Waals surface area (Å²) in [6.45, 7) is 11.3. The van der Waals surface area contributed by atoms with E-state index in [0.717, 1.165) is 68.3 Å². The Morgan fingerprint density at radius 1 is 0.758 bits per heavy atom. The van der Waals surface area contributed by atoms with Crippen LogP contribution in [0.2, 0.25) is 0 Å². The molecule has 2 saturated carbocycles. The SMILES string of the molecule is C.CCOC[C@]1(O)[C@H](OC(C)=O)[C@]2(CC)C=CCN3CC[C@@]4(c5ccc(OC)cc5N(C)[C@@H]14)[C@@H]32.CC[C@]12C=CCN3CC[C@@]4(c5ccc(OC)cc5N(C)[C@H]4[C@](O)(CO)[C@@H]1O)[C@@H]32. The molecule has 4 N–H and O–H groups in total. The van der Waals surface area contributed by atoms with Crippen molar-refractivity contribution in [2.75, 3.05) is 84.1 Å². The fraction of sp³-hybridized carbons (Fsp3) is 0.653. The van der Waals surface area contributed by atoms with Crippen LogP contribution >= 0.6 is 0 Å². The molecule has 4 fully saturated rings. The number of carbonyl (C=O) groups is 1. The standard InChI is InChI=1S/C26H36N2O5.C22H30N2O4.CH4/c1-6-24-11-8-13-28-14-12-25(21(24)28)19-10-9-18(31-5)15-20(19)27(4)22(25)26(30,16-32-7-2)23(24)33-17(3)29;1-4-20-8-5-10-24-11-9-21(17(20)24)15-7-6-14(28-3)12-16(15)23(2)18(21)22(27,13-25)19(20)26;/h8-11,15,21-23,30H,6-7,12-14,16H2,1-5H3;5-8,12,17-19,25-27H,4,9-11,13H2,1-3H3;1H4/t21-,22+,23+,24+,25+,26+;17-,18+,19+,20+,21+,22+;/m00./s1. The maximum atomic E-state index is 12.7. The number of fused-ring (bicyclic) bond motifs is 2. The molecule has 13 nitrogen and oxygen atoms in total. The zero-order valence-corrected chi connectivity index (χ0v) is 37.1. The van der Waals surface area contributed by atoms with Crippen LogP contribution in [0.1, 0.15) is 71.9 Å². The largest absolute Gasteiger partial charge is 0.497 e. The molecule has 0 aromatic heterocycles. The van der Waals surface area contributed by atoms with Gasteiger partial charge in [0.15, 0.2) is 0 Å². The van der Waals surface area contributed by atoms with E-state index in [2.05, 4.69) is 76.0 Å². The van der Waals surface area contributed by atoms with Crippen LogP contribution in [0.3, 0.4) is 0 Å². The van der Waals surface area contributed by atoms with Gasteiger partial charge in [0.1, 0.15) is 28.8 Å².